The van der Waals surface area contributed by atoms with Crippen molar-refractivity contribution >= 4 is 11.7 Å². The Morgan fingerprint density at radius 1 is 1.00 bits per heavy atom. The first-order valence-electron chi connectivity index (χ1n) is 11.7. The van der Waals surface area contributed by atoms with Crippen LogP contribution in [0.2, 0.25) is 0 Å². The predicted octanol–water partition coefficient (Wildman–Crippen LogP) is 2.52. The third-order valence-corrected chi connectivity index (χ3v) is 6.58. The van der Waals surface area contributed by atoms with Crippen LogP contribution < -0.4 is 10.5 Å². The van der Waals surface area contributed by atoms with Gasteiger partial charge in [-0.05, 0) is 25.5 Å². The lowest BCUT2D eigenvalue weighted by Gasteiger charge is -2.36. The van der Waals surface area contributed by atoms with Gasteiger partial charge in [0.25, 0.3) is 5.56 Å². The monoisotopic (exact) mass is 533 g/mol. The van der Waals surface area contributed by atoms with E-state index in [2.05, 4.69) is 15.1 Å². The van der Waals surface area contributed by atoms with Gasteiger partial charge < -0.3 is 14.7 Å². The van der Waals surface area contributed by atoms with Crippen molar-refractivity contribution in [2.45, 2.75) is 37.5 Å². The van der Waals surface area contributed by atoms with Crippen LogP contribution in [-0.2, 0) is 17.1 Å². The molecule has 15 heteroatoms. The third-order valence-electron chi connectivity index (χ3n) is 6.58. The molecule has 1 N–H and O–H groups in total. The largest absolute Gasteiger partial charge is 0.434 e. The summed E-state index contributed by atoms with van der Waals surface area (Å²) in [4.78, 5) is 36.9. The lowest BCUT2D eigenvalue weighted by molar-refractivity contribution is -0.141. The second-order valence-electron chi connectivity index (χ2n) is 9.05. The van der Waals surface area contributed by atoms with Crippen LogP contribution in [0.25, 0.3) is 0 Å². The zero-order valence-corrected chi connectivity index (χ0v) is 19.6. The van der Waals surface area contributed by atoms with Gasteiger partial charge in [0.2, 0.25) is 5.91 Å². The molecule has 0 bridgehead atoms. The van der Waals surface area contributed by atoms with E-state index in [9.17, 15) is 35.9 Å². The molecular weight excluding hydrogens is 508 g/mol. The quantitative estimate of drug-likeness (QED) is 0.590. The Morgan fingerprint density at radius 3 is 2.35 bits per heavy atom. The maximum Gasteiger partial charge on any atom is 0.434 e. The molecule has 2 aliphatic rings. The summed E-state index contributed by atoms with van der Waals surface area (Å²) in [7, 11) is 0. The highest BCUT2D eigenvalue weighted by atomic mass is 19.4. The van der Waals surface area contributed by atoms with E-state index in [0.717, 1.165) is 12.3 Å². The van der Waals surface area contributed by atoms with E-state index in [1.807, 2.05) is 10.00 Å². The van der Waals surface area contributed by atoms with Gasteiger partial charge in [-0.1, -0.05) is 0 Å². The highest BCUT2D eigenvalue weighted by Gasteiger charge is 2.36. The SMILES string of the molecule is O=C(CCN1CCCC(c2cc(C(F)(F)F)c(=O)[nH]n2)C1)N1CCN(c2cnc(C(F)(F)F)cn2)CC1. The lowest BCUT2D eigenvalue weighted by Crippen LogP contribution is -2.49. The fourth-order valence-electron chi connectivity index (χ4n) is 4.57. The van der Waals surface area contributed by atoms with Crippen molar-refractivity contribution in [3.63, 3.8) is 0 Å². The average Bonchev–Trinajstić information content (AvgIpc) is 2.87. The number of aromatic nitrogens is 4. The molecule has 0 saturated carbocycles. The Kier molecular flexibility index (Phi) is 7.71. The highest BCUT2D eigenvalue weighted by Crippen LogP contribution is 2.31. The number of rotatable bonds is 5. The van der Waals surface area contributed by atoms with Crippen molar-refractivity contribution in [1.82, 2.24) is 30.0 Å². The minimum Gasteiger partial charge on any atom is -0.352 e. The molecule has 2 aromatic heterocycles. The molecule has 0 radical (unpaired) electrons. The summed E-state index contributed by atoms with van der Waals surface area (Å²) in [5, 5.41) is 5.76. The molecule has 202 valence electrons. The van der Waals surface area contributed by atoms with Crippen LogP contribution >= 0.6 is 0 Å². The van der Waals surface area contributed by atoms with Crippen LogP contribution in [-0.4, -0.2) is 81.7 Å². The second-order valence-corrected chi connectivity index (χ2v) is 9.05. The van der Waals surface area contributed by atoms with Crippen LogP contribution in [0.3, 0.4) is 0 Å². The number of amides is 1. The maximum absolute atomic E-state index is 13.1. The summed E-state index contributed by atoms with van der Waals surface area (Å²) < 4.78 is 77.3. The molecule has 1 unspecified atom stereocenters. The number of nitrogens with zero attached hydrogens (tertiary/aromatic N) is 6. The molecule has 1 atom stereocenters. The van der Waals surface area contributed by atoms with E-state index < -0.39 is 29.2 Å². The van der Waals surface area contributed by atoms with Crippen LogP contribution in [0.15, 0.2) is 23.3 Å². The van der Waals surface area contributed by atoms with Gasteiger partial charge in [-0.2, -0.15) is 31.4 Å². The summed E-state index contributed by atoms with van der Waals surface area (Å²) in [5.74, 6) is -0.0685. The summed E-state index contributed by atoms with van der Waals surface area (Å²) in [6, 6.07) is 0.804. The van der Waals surface area contributed by atoms with Crippen LogP contribution in [0.1, 0.15) is 42.1 Å². The van der Waals surface area contributed by atoms with E-state index in [-0.39, 0.29) is 23.9 Å². The fraction of sp³-hybridized carbons (Fsp3) is 0.591. The minimum absolute atomic E-state index is 0.0817. The van der Waals surface area contributed by atoms with Crippen molar-refractivity contribution < 1.29 is 31.1 Å². The first-order chi connectivity index (χ1) is 17.4. The fourth-order valence-corrected chi connectivity index (χ4v) is 4.57. The van der Waals surface area contributed by atoms with Crippen molar-refractivity contribution in [3.8, 4) is 0 Å². The van der Waals surface area contributed by atoms with Gasteiger partial charge in [0.05, 0.1) is 18.1 Å². The molecule has 4 rings (SSSR count). The molecular formula is C22H25F6N7O2. The van der Waals surface area contributed by atoms with Gasteiger partial charge >= 0.3 is 12.4 Å². The third kappa shape index (κ3) is 6.56. The summed E-state index contributed by atoms with van der Waals surface area (Å²) >= 11 is 0. The number of alkyl halides is 6. The molecule has 2 aliphatic heterocycles. The number of carbonyl (C=O) groups is 1. The number of anilines is 1. The number of likely N-dealkylation sites (tertiary alicyclic amines) is 1. The van der Waals surface area contributed by atoms with E-state index in [0.29, 0.717) is 70.7 Å². The lowest BCUT2D eigenvalue weighted by atomic mass is 9.93. The predicted molar refractivity (Wildman–Crippen MR) is 119 cm³/mol. The Balaban J connectivity index is 1.26. The molecule has 37 heavy (non-hydrogen) atoms. The van der Waals surface area contributed by atoms with E-state index in [4.69, 9.17) is 0 Å². The Morgan fingerprint density at radius 2 is 1.73 bits per heavy atom. The Bertz CT molecular complexity index is 1140. The number of hydrogen-bond donors (Lipinski definition) is 1. The number of hydrogen-bond acceptors (Lipinski definition) is 7. The molecule has 1 amide bonds. The van der Waals surface area contributed by atoms with E-state index in [1.165, 1.54) is 0 Å². The molecule has 2 aromatic rings. The number of H-pyrrole nitrogens is 1. The van der Waals surface area contributed by atoms with Crippen molar-refractivity contribution in [2.75, 3.05) is 50.7 Å². The zero-order valence-electron chi connectivity index (χ0n) is 19.6. The normalized spacial score (nSPS) is 19.8. The number of aromatic amines is 1. The number of piperidine rings is 1. The Labute approximate surface area is 207 Å². The van der Waals surface area contributed by atoms with Crippen molar-refractivity contribution in [2.24, 2.45) is 0 Å². The molecule has 4 heterocycles. The number of nitrogens with one attached hydrogen (secondary N) is 1. The maximum atomic E-state index is 13.1. The first-order valence-corrected chi connectivity index (χ1v) is 11.7. The van der Waals surface area contributed by atoms with Crippen molar-refractivity contribution in [3.05, 3.63) is 45.8 Å². The Hall–Kier alpha value is -3.23. The van der Waals surface area contributed by atoms with E-state index >= 15 is 0 Å². The van der Waals surface area contributed by atoms with Gasteiger partial charge in [0.1, 0.15) is 11.4 Å². The molecule has 2 fully saturated rings. The molecule has 0 aromatic carbocycles. The van der Waals surface area contributed by atoms with Crippen LogP contribution in [0.4, 0.5) is 32.2 Å². The molecule has 0 aliphatic carbocycles. The molecule has 9 nitrogen and oxygen atoms in total. The van der Waals surface area contributed by atoms with E-state index in [1.54, 1.807) is 9.80 Å². The number of carbonyl (C=O) groups excluding carboxylic acids is 1. The standard InChI is InChI=1S/C22H25F6N7O2/c23-21(24,25)15-10-16(31-32-20(15)37)14-2-1-4-33(13-14)5-3-19(36)35-8-6-34(7-9-35)18-12-29-17(11-30-18)22(26,27)28/h10-12,14H,1-9,13H2,(H,32,37). The average molecular weight is 533 g/mol. The van der Waals surface area contributed by atoms with Crippen molar-refractivity contribution in [1.29, 1.82) is 0 Å². The molecule has 2 saturated heterocycles. The summed E-state index contributed by atoms with van der Waals surface area (Å²) in [6.07, 6.45) is -6.01. The smallest absolute Gasteiger partial charge is 0.352 e. The molecule has 0 spiro atoms. The summed E-state index contributed by atoms with van der Waals surface area (Å²) in [5.41, 5.74) is -3.45. The van der Waals surface area contributed by atoms with Gasteiger partial charge in [0, 0.05) is 51.6 Å². The van der Waals surface area contributed by atoms with Gasteiger partial charge in [-0.25, -0.2) is 15.1 Å². The zero-order chi connectivity index (χ0) is 26.8. The number of halogens is 6. The summed E-state index contributed by atoms with van der Waals surface area (Å²) in [6.45, 7) is 3.10. The van der Waals surface area contributed by atoms with Crippen LogP contribution in [0.5, 0.6) is 0 Å². The minimum atomic E-state index is -4.77. The topological polar surface area (TPSA) is 98.3 Å². The number of piperazine rings is 1. The van der Waals surface area contributed by atoms with Crippen LogP contribution in [0, 0.1) is 0 Å². The first kappa shape index (κ1) is 26.8. The van der Waals surface area contributed by atoms with Gasteiger partial charge in [0.15, 0.2) is 5.69 Å². The van der Waals surface area contributed by atoms with Gasteiger partial charge in [-0.15, -0.1) is 0 Å². The van der Waals surface area contributed by atoms with Gasteiger partial charge in [-0.3, -0.25) is 9.59 Å². The highest BCUT2D eigenvalue weighted by molar-refractivity contribution is 5.76. The second kappa shape index (κ2) is 10.6.